The number of rotatable bonds is 8. The van der Waals surface area contributed by atoms with Crippen LogP contribution in [0, 0.1) is 5.82 Å². The van der Waals surface area contributed by atoms with Crippen LogP contribution < -0.4 is 9.80 Å². The topological polar surface area (TPSA) is 32.5 Å². The number of para-hydroxylation sites is 2. The highest BCUT2D eigenvalue weighted by Gasteiger charge is 2.50. The zero-order valence-corrected chi connectivity index (χ0v) is 43.1. The van der Waals surface area contributed by atoms with E-state index in [0.29, 0.717) is 5.71 Å². The quantitative estimate of drug-likeness (QED) is 0.152. The van der Waals surface area contributed by atoms with Gasteiger partial charge in [0.15, 0.2) is 0 Å². The van der Waals surface area contributed by atoms with Crippen LogP contribution in [-0.4, -0.2) is 4.98 Å². The molecule has 0 aliphatic heterocycles. The van der Waals surface area contributed by atoms with Crippen molar-refractivity contribution in [1.82, 2.24) is 4.98 Å². The SMILES string of the molecule is CC(C)(C)c1ccc(N(c2ccccc2)c2cc3c(c4oc5ncccc5c24)-c2c(cc(N(c4ccccc4)c4ccc(C(C)(C)C)cc4)c4c2sc2ccccc24)C3(c2ccccc2)c2cccc(F)c2)cc1. The van der Waals surface area contributed by atoms with Gasteiger partial charge in [-0.2, -0.15) is 0 Å². The first kappa shape index (κ1) is 45.5. The van der Waals surface area contributed by atoms with Crippen LogP contribution in [0.2, 0.25) is 0 Å². The molecule has 12 aromatic rings. The molecule has 74 heavy (non-hydrogen) atoms. The molecule has 1 atom stereocenters. The van der Waals surface area contributed by atoms with Crippen molar-refractivity contribution in [2.45, 2.75) is 57.8 Å². The third-order valence-corrected chi connectivity index (χ3v) is 16.3. The van der Waals surface area contributed by atoms with E-state index in [1.807, 2.05) is 29.7 Å². The molecule has 0 radical (unpaired) electrons. The van der Waals surface area contributed by atoms with Gasteiger partial charge in [-0.1, -0.05) is 163 Å². The van der Waals surface area contributed by atoms with Crippen LogP contribution in [0.3, 0.4) is 0 Å². The van der Waals surface area contributed by atoms with Crippen LogP contribution in [0.5, 0.6) is 0 Å². The van der Waals surface area contributed by atoms with Crippen molar-refractivity contribution in [1.29, 1.82) is 0 Å². The van der Waals surface area contributed by atoms with E-state index < -0.39 is 5.41 Å². The normalized spacial score (nSPS) is 14.5. The molecule has 1 unspecified atom stereocenters. The molecule has 0 amide bonds. The molecule has 0 saturated heterocycles. The van der Waals surface area contributed by atoms with Crippen LogP contribution in [0.15, 0.2) is 223 Å². The lowest BCUT2D eigenvalue weighted by atomic mass is 9.67. The summed E-state index contributed by atoms with van der Waals surface area (Å²) < 4.78 is 26.2. The maximum absolute atomic E-state index is 16.5. The van der Waals surface area contributed by atoms with Crippen molar-refractivity contribution in [2.75, 3.05) is 9.80 Å². The maximum Gasteiger partial charge on any atom is 0.227 e. The van der Waals surface area contributed by atoms with E-state index in [1.54, 1.807) is 12.1 Å². The van der Waals surface area contributed by atoms with Gasteiger partial charge in [-0.25, -0.2) is 9.37 Å². The number of nitrogens with zero attached hydrogens (tertiary/aromatic N) is 3. The molecule has 0 saturated carbocycles. The number of anilines is 6. The second-order valence-electron chi connectivity index (χ2n) is 21.7. The Hall–Kier alpha value is -8.32. The predicted molar refractivity (Wildman–Crippen MR) is 308 cm³/mol. The van der Waals surface area contributed by atoms with E-state index in [2.05, 4.69) is 239 Å². The van der Waals surface area contributed by atoms with Crippen LogP contribution >= 0.6 is 11.3 Å². The van der Waals surface area contributed by atoms with E-state index in [1.165, 1.54) is 15.8 Å². The van der Waals surface area contributed by atoms with Gasteiger partial charge in [0.2, 0.25) is 5.71 Å². The van der Waals surface area contributed by atoms with Crippen LogP contribution in [-0.2, 0) is 16.2 Å². The number of fused-ring (bicyclic) bond motifs is 11. The number of halogens is 1. The van der Waals surface area contributed by atoms with Crippen molar-refractivity contribution < 1.29 is 8.81 Å². The fourth-order valence-electron chi connectivity index (χ4n) is 11.7. The Morgan fingerprint density at radius 2 is 0.973 bits per heavy atom. The average molecular weight is 980 g/mol. The van der Waals surface area contributed by atoms with Crippen molar-refractivity contribution in [3.8, 4) is 11.1 Å². The van der Waals surface area contributed by atoms with Crippen molar-refractivity contribution >= 4 is 87.7 Å². The molecule has 1 aliphatic carbocycles. The Morgan fingerprint density at radius 3 is 1.55 bits per heavy atom. The Labute approximate surface area is 435 Å². The first-order valence-corrected chi connectivity index (χ1v) is 26.3. The fraction of sp³-hybridized carbons (Fsp3) is 0.132. The van der Waals surface area contributed by atoms with Crippen LogP contribution in [0.25, 0.3) is 53.4 Å². The van der Waals surface area contributed by atoms with Crippen LogP contribution in [0.1, 0.15) is 74.9 Å². The number of hydrogen-bond donors (Lipinski definition) is 0. The van der Waals surface area contributed by atoms with Gasteiger partial charge in [-0.05, 0) is 135 Å². The number of thiophene rings is 1. The molecule has 0 bridgehead atoms. The summed E-state index contributed by atoms with van der Waals surface area (Å²) in [6.45, 7) is 13.5. The second kappa shape index (κ2) is 17.1. The van der Waals surface area contributed by atoms with Crippen molar-refractivity contribution in [3.63, 3.8) is 0 Å². The summed E-state index contributed by atoms with van der Waals surface area (Å²) >= 11 is 1.81. The van der Waals surface area contributed by atoms with E-state index in [4.69, 9.17) is 9.40 Å². The molecule has 4 nitrogen and oxygen atoms in total. The molecule has 9 aromatic carbocycles. The minimum absolute atomic E-state index is 0.0329. The minimum atomic E-state index is -1.07. The summed E-state index contributed by atoms with van der Waals surface area (Å²) in [6, 6.07) is 75.0. The van der Waals surface area contributed by atoms with Gasteiger partial charge in [0.05, 0.1) is 27.6 Å². The average Bonchev–Trinajstić information content (AvgIpc) is 4.13. The Bertz CT molecular complexity index is 3870. The van der Waals surface area contributed by atoms with Gasteiger partial charge >= 0.3 is 0 Å². The van der Waals surface area contributed by atoms with E-state index in [-0.39, 0.29) is 16.6 Å². The molecule has 0 spiro atoms. The molecule has 0 fully saturated rings. The summed E-state index contributed by atoms with van der Waals surface area (Å²) in [5, 5.41) is 4.16. The first-order valence-electron chi connectivity index (χ1n) is 25.5. The van der Waals surface area contributed by atoms with Gasteiger partial charge in [0.25, 0.3) is 0 Å². The van der Waals surface area contributed by atoms with Crippen LogP contribution in [0.4, 0.5) is 38.5 Å². The predicted octanol–water partition coefficient (Wildman–Crippen LogP) is 19.4. The number of aromatic nitrogens is 1. The Morgan fingerprint density at radius 1 is 0.473 bits per heavy atom. The number of furan rings is 1. The zero-order valence-electron chi connectivity index (χ0n) is 42.3. The lowest BCUT2D eigenvalue weighted by Gasteiger charge is -2.36. The fourth-order valence-corrected chi connectivity index (χ4v) is 12.9. The molecule has 13 rings (SSSR count). The lowest BCUT2D eigenvalue weighted by molar-refractivity contribution is 0.590. The van der Waals surface area contributed by atoms with Gasteiger partial charge in [-0.3, -0.25) is 0 Å². The number of hydrogen-bond acceptors (Lipinski definition) is 5. The highest BCUT2D eigenvalue weighted by molar-refractivity contribution is 7.26. The summed E-state index contributed by atoms with van der Waals surface area (Å²) in [4.78, 5) is 9.71. The zero-order chi connectivity index (χ0) is 50.5. The third kappa shape index (κ3) is 7.10. The molecule has 360 valence electrons. The van der Waals surface area contributed by atoms with Gasteiger partial charge in [0.1, 0.15) is 11.4 Å². The van der Waals surface area contributed by atoms with Crippen molar-refractivity contribution in [2.24, 2.45) is 0 Å². The largest absolute Gasteiger partial charge is 0.437 e. The molecule has 6 heteroatoms. The monoisotopic (exact) mass is 979 g/mol. The number of benzene rings is 9. The van der Waals surface area contributed by atoms with E-state index in [0.717, 1.165) is 99.3 Å². The summed E-state index contributed by atoms with van der Waals surface area (Å²) in [7, 11) is 0. The molecule has 3 heterocycles. The maximum atomic E-state index is 16.5. The smallest absolute Gasteiger partial charge is 0.227 e. The highest BCUT2D eigenvalue weighted by atomic mass is 32.1. The Balaban J connectivity index is 1.24. The lowest BCUT2D eigenvalue weighted by Crippen LogP contribution is -2.29. The highest BCUT2D eigenvalue weighted by Crippen LogP contribution is 2.65. The third-order valence-electron chi connectivity index (χ3n) is 15.1. The first-order chi connectivity index (χ1) is 35.9. The minimum Gasteiger partial charge on any atom is -0.437 e. The van der Waals surface area contributed by atoms with Gasteiger partial charge < -0.3 is 14.2 Å². The Kier molecular flexibility index (Phi) is 10.6. The molecule has 1 aliphatic rings. The molecular weight excluding hydrogens is 926 g/mol. The van der Waals surface area contributed by atoms with E-state index >= 15 is 4.39 Å². The van der Waals surface area contributed by atoms with Gasteiger partial charge in [0, 0.05) is 60.2 Å². The summed E-state index contributed by atoms with van der Waals surface area (Å²) in [5.74, 6) is -0.306. The standard InChI is InChI=1S/C68H54FN3OS/c1-66(2,3)43-31-35-50(36-32-43)71(48-24-12-8-13-25-48)56-41-54-61(63-59(56)53-29-19-39-70-65(53)73-63)62-55(68(54,45-20-10-7-11-21-45)46-22-18-23-47(69)40-46)42-57(60-52-28-16-17-30-58(52)74-64(60)62)72(49-26-14-9-15-27-49)51-37-33-44(34-38-51)67(4,5)6/h7-42H,1-6H3. The van der Waals surface area contributed by atoms with E-state index in [9.17, 15) is 0 Å². The summed E-state index contributed by atoms with van der Waals surface area (Å²) in [6.07, 6.45) is 1.81. The van der Waals surface area contributed by atoms with Gasteiger partial charge in [-0.15, -0.1) is 11.3 Å². The molecule has 0 N–H and O–H groups in total. The molecule has 3 aromatic heterocycles. The summed E-state index contributed by atoms with van der Waals surface area (Å²) in [5.41, 5.74) is 14.6. The molecular formula is C68H54FN3OS. The van der Waals surface area contributed by atoms with Crippen molar-refractivity contribution in [3.05, 3.63) is 258 Å². The second-order valence-corrected chi connectivity index (χ2v) is 22.7. The number of pyridine rings is 1.